The summed E-state index contributed by atoms with van der Waals surface area (Å²) in [5, 5.41) is 2.71. The number of rotatable bonds is 1. The molecule has 118 valence electrons. The third kappa shape index (κ3) is 2.60. The van der Waals surface area contributed by atoms with E-state index in [2.05, 4.69) is 5.32 Å². The highest BCUT2D eigenvalue weighted by molar-refractivity contribution is 5.94. The van der Waals surface area contributed by atoms with Gasteiger partial charge in [0, 0.05) is 31.7 Å². The van der Waals surface area contributed by atoms with Gasteiger partial charge in [-0.3, -0.25) is 4.79 Å². The van der Waals surface area contributed by atoms with Gasteiger partial charge in [-0.2, -0.15) is 13.2 Å². The Morgan fingerprint density at radius 2 is 1.86 bits per heavy atom. The van der Waals surface area contributed by atoms with Crippen molar-refractivity contribution in [2.45, 2.75) is 12.2 Å². The Morgan fingerprint density at radius 3 is 2.50 bits per heavy atom. The molecule has 0 spiro atoms. The van der Waals surface area contributed by atoms with Crippen LogP contribution >= 0.6 is 0 Å². The van der Waals surface area contributed by atoms with Gasteiger partial charge >= 0.3 is 12.2 Å². The topological polar surface area (TPSA) is 52.7 Å². The van der Waals surface area contributed by atoms with Gasteiger partial charge in [-0.25, -0.2) is 4.79 Å². The van der Waals surface area contributed by atoms with Crippen LogP contribution in [0.4, 0.5) is 18.0 Å². The summed E-state index contributed by atoms with van der Waals surface area (Å²) in [6, 6.07) is 3.99. The fraction of sp³-hybridized carbons (Fsp3) is 0.429. The van der Waals surface area contributed by atoms with Gasteiger partial charge in [0.05, 0.1) is 11.6 Å². The summed E-state index contributed by atoms with van der Waals surface area (Å²) < 4.78 is 37.6. The van der Waals surface area contributed by atoms with Gasteiger partial charge in [0.2, 0.25) is 0 Å². The number of alkyl halides is 3. The summed E-state index contributed by atoms with van der Waals surface area (Å²) in [5.41, 5.74) is -0.557. The first-order valence-electron chi connectivity index (χ1n) is 6.87. The van der Waals surface area contributed by atoms with Gasteiger partial charge in [0.15, 0.2) is 0 Å². The number of benzene rings is 1. The number of nitrogens with zero attached hydrogens (tertiary/aromatic N) is 2. The minimum Gasteiger partial charge on any atom is -0.336 e. The lowest BCUT2D eigenvalue weighted by Gasteiger charge is -2.36. The number of fused-ring (bicyclic) bond motifs is 1. The standard InChI is InChI=1S/C14H14F3N3O2/c15-14(16,17)10-3-1-9(2-4-10)12(21)19-5-6-20-11(8-19)7-18-13(20)22/h1-4,11H,5-8H2,(H,18,22). The van der Waals surface area contributed by atoms with Crippen LogP contribution in [0.25, 0.3) is 0 Å². The summed E-state index contributed by atoms with van der Waals surface area (Å²) in [4.78, 5) is 27.1. The van der Waals surface area contributed by atoms with Crippen LogP contribution in [-0.2, 0) is 6.18 Å². The number of urea groups is 1. The molecule has 2 aliphatic rings. The first-order valence-corrected chi connectivity index (χ1v) is 6.87. The minimum absolute atomic E-state index is 0.0698. The van der Waals surface area contributed by atoms with E-state index in [4.69, 9.17) is 0 Å². The summed E-state index contributed by atoms with van der Waals surface area (Å²) >= 11 is 0. The SMILES string of the molecule is O=C(c1ccc(C(F)(F)F)cc1)N1CCN2C(=O)NCC2C1. The largest absolute Gasteiger partial charge is 0.416 e. The second kappa shape index (κ2) is 5.19. The van der Waals surface area contributed by atoms with E-state index in [1.54, 1.807) is 9.80 Å². The molecule has 2 saturated heterocycles. The fourth-order valence-electron chi connectivity index (χ4n) is 2.77. The van der Waals surface area contributed by atoms with Crippen LogP contribution in [-0.4, -0.2) is 54.0 Å². The zero-order valence-corrected chi connectivity index (χ0v) is 11.6. The summed E-state index contributed by atoms with van der Waals surface area (Å²) in [6.07, 6.45) is -4.41. The monoisotopic (exact) mass is 313 g/mol. The molecule has 3 rings (SSSR count). The van der Waals surface area contributed by atoms with E-state index in [1.165, 1.54) is 12.1 Å². The summed E-state index contributed by atoms with van der Waals surface area (Å²) in [7, 11) is 0. The van der Waals surface area contributed by atoms with Crippen LogP contribution in [0.1, 0.15) is 15.9 Å². The maximum absolute atomic E-state index is 12.5. The van der Waals surface area contributed by atoms with E-state index >= 15 is 0 Å². The summed E-state index contributed by atoms with van der Waals surface area (Å²) in [5.74, 6) is -0.312. The molecule has 0 bridgehead atoms. The van der Waals surface area contributed by atoms with Crippen LogP contribution in [0.5, 0.6) is 0 Å². The number of nitrogens with one attached hydrogen (secondary N) is 1. The average molecular weight is 313 g/mol. The number of hydrogen-bond donors (Lipinski definition) is 1. The molecule has 0 saturated carbocycles. The van der Waals surface area contributed by atoms with E-state index in [0.29, 0.717) is 26.2 Å². The molecular weight excluding hydrogens is 299 g/mol. The van der Waals surface area contributed by atoms with Crippen molar-refractivity contribution >= 4 is 11.9 Å². The highest BCUT2D eigenvalue weighted by Crippen LogP contribution is 2.29. The van der Waals surface area contributed by atoms with E-state index in [0.717, 1.165) is 12.1 Å². The second-order valence-corrected chi connectivity index (χ2v) is 5.36. The van der Waals surface area contributed by atoms with Gasteiger partial charge in [0.1, 0.15) is 0 Å². The lowest BCUT2D eigenvalue weighted by Crippen LogP contribution is -2.53. The van der Waals surface area contributed by atoms with Gasteiger partial charge in [0.25, 0.3) is 5.91 Å². The first-order chi connectivity index (χ1) is 10.4. The molecule has 22 heavy (non-hydrogen) atoms. The molecule has 5 nitrogen and oxygen atoms in total. The van der Waals surface area contributed by atoms with Crippen molar-refractivity contribution in [3.8, 4) is 0 Å². The zero-order valence-electron chi connectivity index (χ0n) is 11.6. The molecule has 1 atom stereocenters. The molecule has 3 amide bonds. The number of carbonyl (C=O) groups excluding carboxylic acids is 2. The van der Waals surface area contributed by atoms with Crippen molar-refractivity contribution in [1.29, 1.82) is 0 Å². The Morgan fingerprint density at radius 1 is 1.18 bits per heavy atom. The molecule has 2 aliphatic heterocycles. The molecular formula is C14H14F3N3O2. The molecule has 1 N–H and O–H groups in total. The molecule has 0 aromatic heterocycles. The highest BCUT2D eigenvalue weighted by Gasteiger charge is 2.37. The van der Waals surface area contributed by atoms with Crippen LogP contribution in [0.15, 0.2) is 24.3 Å². The Kier molecular flexibility index (Phi) is 3.46. The van der Waals surface area contributed by atoms with Crippen molar-refractivity contribution in [2.75, 3.05) is 26.2 Å². The minimum atomic E-state index is -4.41. The first kappa shape index (κ1) is 14.7. The average Bonchev–Trinajstić information content (AvgIpc) is 2.87. The maximum Gasteiger partial charge on any atom is 0.416 e. The van der Waals surface area contributed by atoms with E-state index in [9.17, 15) is 22.8 Å². The Labute approximate surface area is 124 Å². The molecule has 0 aliphatic carbocycles. The number of hydrogen-bond acceptors (Lipinski definition) is 2. The molecule has 2 heterocycles. The van der Waals surface area contributed by atoms with Crippen molar-refractivity contribution in [3.05, 3.63) is 35.4 Å². The molecule has 1 aromatic rings. The third-order valence-corrected chi connectivity index (χ3v) is 3.98. The van der Waals surface area contributed by atoms with Crippen molar-refractivity contribution < 1.29 is 22.8 Å². The Hall–Kier alpha value is -2.25. The zero-order chi connectivity index (χ0) is 15.9. The van der Waals surface area contributed by atoms with Crippen LogP contribution in [0.3, 0.4) is 0 Å². The Balaban J connectivity index is 1.71. The van der Waals surface area contributed by atoms with Gasteiger partial charge < -0.3 is 15.1 Å². The van der Waals surface area contributed by atoms with Gasteiger partial charge in [-0.15, -0.1) is 0 Å². The van der Waals surface area contributed by atoms with Gasteiger partial charge in [-0.1, -0.05) is 0 Å². The molecule has 2 fully saturated rings. The molecule has 1 unspecified atom stereocenters. The second-order valence-electron chi connectivity index (χ2n) is 5.36. The predicted molar refractivity (Wildman–Crippen MR) is 71.2 cm³/mol. The fourth-order valence-corrected chi connectivity index (χ4v) is 2.77. The van der Waals surface area contributed by atoms with E-state index in [1.807, 2.05) is 0 Å². The van der Waals surface area contributed by atoms with Crippen LogP contribution < -0.4 is 5.32 Å². The normalized spacial score (nSPS) is 21.6. The number of carbonyl (C=O) groups is 2. The third-order valence-electron chi connectivity index (χ3n) is 3.98. The predicted octanol–water partition coefficient (Wildman–Crippen LogP) is 1.55. The molecule has 1 aromatic carbocycles. The number of halogens is 3. The highest BCUT2D eigenvalue weighted by atomic mass is 19.4. The quantitative estimate of drug-likeness (QED) is 0.855. The van der Waals surface area contributed by atoms with Crippen LogP contribution in [0.2, 0.25) is 0 Å². The van der Waals surface area contributed by atoms with E-state index in [-0.39, 0.29) is 23.5 Å². The van der Waals surface area contributed by atoms with Crippen molar-refractivity contribution in [3.63, 3.8) is 0 Å². The lowest BCUT2D eigenvalue weighted by molar-refractivity contribution is -0.137. The smallest absolute Gasteiger partial charge is 0.336 e. The number of piperazine rings is 1. The lowest BCUT2D eigenvalue weighted by atomic mass is 10.1. The van der Waals surface area contributed by atoms with E-state index < -0.39 is 11.7 Å². The maximum atomic E-state index is 12.5. The molecule has 0 radical (unpaired) electrons. The molecule has 8 heteroatoms. The van der Waals surface area contributed by atoms with Gasteiger partial charge in [-0.05, 0) is 24.3 Å². The Bertz CT molecular complexity index is 600. The number of amides is 3. The summed E-state index contributed by atoms with van der Waals surface area (Å²) in [6.45, 7) is 1.68. The van der Waals surface area contributed by atoms with Crippen molar-refractivity contribution in [1.82, 2.24) is 15.1 Å². The van der Waals surface area contributed by atoms with Crippen LogP contribution in [0, 0.1) is 0 Å². The van der Waals surface area contributed by atoms with Crippen molar-refractivity contribution in [2.24, 2.45) is 0 Å².